The fraction of sp³-hybridized carbons (Fsp3) is 0.375. The second kappa shape index (κ2) is 8.38. The molecule has 0 fully saturated rings. The maximum Gasteiger partial charge on any atom is 0.191 e. The number of guanidine groups is 1. The first-order valence-corrected chi connectivity index (χ1v) is 8.25. The van der Waals surface area contributed by atoms with Gasteiger partial charge < -0.3 is 15.4 Å². The molecule has 2 N–H and O–H groups in total. The van der Waals surface area contributed by atoms with Crippen LogP contribution in [-0.2, 0) is 6.54 Å². The van der Waals surface area contributed by atoms with Crippen molar-refractivity contribution >= 4 is 17.3 Å². The van der Waals surface area contributed by atoms with E-state index in [4.69, 9.17) is 4.74 Å². The Morgan fingerprint density at radius 2 is 1.86 bits per heavy atom. The molecule has 0 amide bonds. The van der Waals surface area contributed by atoms with E-state index in [2.05, 4.69) is 39.8 Å². The van der Waals surface area contributed by atoms with Gasteiger partial charge in [-0.3, -0.25) is 0 Å². The molecule has 0 saturated heterocycles. The second-order valence-electron chi connectivity index (χ2n) is 4.60. The largest absolute Gasteiger partial charge is 0.497 e. The van der Waals surface area contributed by atoms with E-state index in [1.807, 2.05) is 24.3 Å². The van der Waals surface area contributed by atoms with Gasteiger partial charge >= 0.3 is 0 Å². The average molecular weight is 318 g/mol. The summed E-state index contributed by atoms with van der Waals surface area (Å²) in [6.45, 7) is 6.37. The first-order valence-electron chi connectivity index (χ1n) is 7.37. The van der Waals surface area contributed by atoms with Gasteiger partial charge in [0.25, 0.3) is 0 Å². The van der Waals surface area contributed by atoms with E-state index in [0.717, 1.165) is 41.1 Å². The van der Waals surface area contributed by atoms with Gasteiger partial charge in [-0.2, -0.15) is 0 Å². The minimum absolute atomic E-state index is 0.571. The number of aliphatic imine (C=N–C) groups is 1. The van der Waals surface area contributed by atoms with Crippen molar-refractivity contribution in [2.75, 3.05) is 20.2 Å². The van der Waals surface area contributed by atoms with E-state index in [9.17, 15) is 0 Å². The number of aromatic nitrogens is 1. The normalized spacial score (nSPS) is 10.1. The van der Waals surface area contributed by atoms with Crippen molar-refractivity contribution in [1.29, 1.82) is 0 Å². The number of nitrogens with zero attached hydrogens (tertiary/aromatic N) is 2. The first-order chi connectivity index (χ1) is 10.8. The number of nitrogens with one attached hydrogen (secondary N) is 2. The summed E-state index contributed by atoms with van der Waals surface area (Å²) in [5, 5.41) is 9.47. The van der Waals surface area contributed by atoms with E-state index in [1.165, 1.54) is 0 Å². The standard InChI is InChI=1S/C16H22N4OS/c1-4-17-16(18-5-2)19-10-13-11-22-15(20-13)12-6-8-14(21-3)9-7-12/h6-9,11H,4-5,10H2,1-3H3,(H2,17,18,19). The lowest BCUT2D eigenvalue weighted by Crippen LogP contribution is -2.36. The molecule has 5 nitrogen and oxygen atoms in total. The predicted molar refractivity (Wildman–Crippen MR) is 92.6 cm³/mol. The Hall–Kier alpha value is -2.08. The Balaban J connectivity index is 2.05. The Morgan fingerprint density at radius 3 is 2.45 bits per heavy atom. The summed E-state index contributed by atoms with van der Waals surface area (Å²) in [5.74, 6) is 1.68. The van der Waals surface area contributed by atoms with Crippen LogP contribution in [0.5, 0.6) is 5.75 Å². The van der Waals surface area contributed by atoms with E-state index in [-0.39, 0.29) is 0 Å². The number of hydrogen-bond acceptors (Lipinski definition) is 4. The monoisotopic (exact) mass is 318 g/mol. The summed E-state index contributed by atoms with van der Waals surface area (Å²) in [7, 11) is 1.67. The zero-order valence-corrected chi connectivity index (χ0v) is 14.0. The summed E-state index contributed by atoms with van der Waals surface area (Å²) in [6.07, 6.45) is 0. The number of hydrogen-bond donors (Lipinski definition) is 2. The predicted octanol–water partition coefficient (Wildman–Crippen LogP) is 2.89. The average Bonchev–Trinajstić information content (AvgIpc) is 3.02. The Morgan fingerprint density at radius 1 is 1.18 bits per heavy atom. The highest BCUT2D eigenvalue weighted by atomic mass is 32.1. The van der Waals surface area contributed by atoms with Crippen LogP contribution in [-0.4, -0.2) is 31.1 Å². The fourth-order valence-corrected chi connectivity index (χ4v) is 2.73. The topological polar surface area (TPSA) is 58.5 Å². The molecular weight excluding hydrogens is 296 g/mol. The Bertz CT molecular complexity index is 599. The molecule has 6 heteroatoms. The molecule has 0 aliphatic carbocycles. The van der Waals surface area contributed by atoms with Crippen molar-refractivity contribution in [2.45, 2.75) is 20.4 Å². The van der Waals surface area contributed by atoms with Gasteiger partial charge in [0.05, 0.1) is 19.3 Å². The van der Waals surface area contributed by atoms with Crippen LogP contribution >= 0.6 is 11.3 Å². The van der Waals surface area contributed by atoms with Crippen LogP contribution < -0.4 is 15.4 Å². The molecule has 0 atom stereocenters. The lowest BCUT2D eigenvalue weighted by molar-refractivity contribution is 0.415. The minimum atomic E-state index is 0.571. The van der Waals surface area contributed by atoms with Crippen molar-refractivity contribution in [3.05, 3.63) is 35.3 Å². The van der Waals surface area contributed by atoms with Gasteiger partial charge in [0.15, 0.2) is 5.96 Å². The molecule has 0 radical (unpaired) electrons. The van der Waals surface area contributed by atoms with E-state index >= 15 is 0 Å². The van der Waals surface area contributed by atoms with Crippen LogP contribution in [0.25, 0.3) is 10.6 Å². The number of benzene rings is 1. The Labute approximate surface area is 135 Å². The van der Waals surface area contributed by atoms with Crippen LogP contribution in [0.3, 0.4) is 0 Å². The van der Waals surface area contributed by atoms with Gasteiger partial charge in [-0.15, -0.1) is 11.3 Å². The van der Waals surface area contributed by atoms with Gasteiger partial charge in [-0.1, -0.05) is 0 Å². The zero-order chi connectivity index (χ0) is 15.8. The van der Waals surface area contributed by atoms with Crippen LogP contribution in [0.4, 0.5) is 0 Å². The molecule has 0 saturated carbocycles. The van der Waals surface area contributed by atoms with Crippen LogP contribution in [0, 0.1) is 0 Å². The summed E-state index contributed by atoms with van der Waals surface area (Å²) < 4.78 is 5.17. The third-order valence-corrected chi connectivity index (χ3v) is 3.92. The lowest BCUT2D eigenvalue weighted by Gasteiger charge is -2.08. The highest BCUT2D eigenvalue weighted by Crippen LogP contribution is 2.25. The van der Waals surface area contributed by atoms with Crippen LogP contribution in [0.15, 0.2) is 34.6 Å². The zero-order valence-electron chi connectivity index (χ0n) is 13.2. The number of methoxy groups -OCH3 is 1. The van der Waals surface area contributed by atoms with Crippen LogP contribution in [0.1, 0.15) is 19.5 Å². The summed E-state index contributed by atoms with van der Waals surface area (Å²) in [5.41, 5.74) is 2.07. The van der Waals surface area contributed by atoms with Gasteiger partial charge in [0, 0.05) is 24.0 Å². The second-order valence-corrected chi connectivity index (χ2v) is 5.46. The van der Waals surface area contributed by atoms with Crippen molar-refractivity contribution in [2.24, 2.45) is 4.99 Å². The van der Waals surface area contributed by atoms with Gasteiger partial charge in [-0.25, -0.2) is 9.98 Å². The maximum absolute atomic E-state index is 5.17. The molecule has 1 aromatic heterocycles. The number of rotatable bonds is 6. The smallest absolute Gasteiger partial charge is 0.191 e. The van der Waals surface area contributed by atoms with Crippen molar-refractivity contribution in [1.82, 2.24) is 15.6 Å². The van der Waals surface area contributed by atoms with E-state index in [1.54, 1.807) is 18.4 Å². The minimum Gasteiger partial charge on any atom is -0.497 e. The van der Waals surface area contributed by atoms with E-state index in [0.29, 0.717) is 6.54 Å². The Kier molecular flexibility index (Phi) is 6.21. The molecule has 0 aliphatic heterocycles. The number of ether oxygens (including phenoxy) is 1. The molecular formula is C16H22N4OS. The summed E-state index contributed by atoms with van der Waals surface area (Å²) in [6, 6.07) is 7.94. The molecule has 118 valence electrons. The van der Waals surface area contributed by atoms with Crippen molar-refractivity contribution in [3.63, 3.8) is 0 Å². The molecule has 1 aromatic carbocycles. The molecule has 2 aromatic rings. The first kappa shape index (κ1) is 16.3. The van der Waals surface area contributed by atoms with Crippen molar-refractivity contribution < 1.29 is 4.74 Å². The number of thiazole rings is 1. The fourth-order valence-electron chi connectivity index (χ4n) is 1.92. The molecule has 0 aliphatic rings. The molecule has 2 rings (SSSR count). The molecule has 0 spiro atoms. The molecule has 0 bridgehead atoms. The van der Waals surface area contributed by atoms with Gasteiger partial charge in [0.1, 0.15) is 10.8 Å². The third-order valence-electron chi connectivity index (χ3n) is 2.98. The lowest BCUT2D eigenvalue weighted by atomic mass is 10.2. The van der Waals surface area contributed by atoms with E-state index < -0.39 is 0 Å². The van der Waals surface area contributed by atoms with Gasteiger partial charge in [0.2, 0.25) is 0 Å². The molecule has 1 heterocycles. The van der Waals surface area contributed by atoms with Crippen LogP contribution in [0.2, 0.25) is 0 Å². The summed E-state index contributed by atoms with van der Waals surface area (Å²) >= 11 is 1.63. The highest BCUT2D eigenvalue weighted by Gasteiger charge is 2.05. The SMILES string of the molecule is CCNC(=NCc1csc(-c2ccc(OC)cc2)n1)NCC. The highest BCUT2D eigenvalue weighted by molar-refractivity contribution is 7.13. The van der Waals surface area contributed by atoms with Crippen molar-refractivity contribution in [3.8, 4) is 16.3 Å². The van der Waals surface area contributed by atoms with Gasteiger partial charge in [-0.05, 0) is 38.1 Å². The quantitative estimate of drug-likeness (QED) is 0.635. The maximum atomic E-state index is 5.17. The molecule has 22 heavy (non-hydrogen) atoms. The summed E-state index contributed by atoms with van der Waals surface area (Å²) in [4.78, 5) is 9.17. The third kappa shape index (κ3) is 4.46. The molecule has 0 unspecified atom stereocenters.